The van der Waals surface area contributed by atoms with Crippen LogP contribution in [0.3, 0.4) is 0 Å². The van der Waals surface area contributed by atoms with Crippen molar-refractivity contribution in [2.45, 2.75) is 38.9 Å². The first kappa shape index (κ1) is 17.7. The van der Waals surface area contributed by atoms with Crippen LogP contribution in [0, 0.1) is 5.41 Å². The topological polar surface area (TPSA) is 26.8 Å². The number of hydrogen-bond acceptors (Lipinski definition) is 3. The predicted octanol–water partition coefficient (Wildman–Crippen LogP) is 3.52. The van der Waals surface area contributed by atoms with Crippen molar-refractivity contribution in [2.75, 3.05) is 31.1 Å². The molecule has 0 N–H and O–H groups in total. The quantitative estimate of drug-likeness (QED) is 0.821. The van der Waals surface area contributed by atoms with Gasteiger partial charge in [0.05, 0.1) is 6.04 Å². The van der Waals surface area contributed by atoms with Crippen molar-refractivity contribution in [1.82, 2.24) is 9.80 Å². The lowest BCUT2D eigenvalue weighted by Crippen LogP contribution is -2.56. The molecule has 1 atom stereocenters. The van der Waals surface area contributed by atoms with Crippen LogP contribution in [0.5, 0.6) is 0 Å². The second-order valence-electron chi connectivity index (χ2n) is 8.94. The van der Waals surface area contributed by atoms with E-state index >= 15 is 0 Å². The molecule has 1 aliphatic carbocycles. The Morgan fingerprint density at radius 3 is 2.54 bits per heavy atom. The van der Waals surface area contributed by atoms with Crippen molar-refractivity contribution in [1.29, 1.82) is 0 Å². The molecule has 2 heterocycles. The van der Waals surface area contributed by atoms with E-state index in [0.717, 1.165) is 52.1 Å². The first-order valence-corrected chi connectivity index (χ1v) is 10.5. The number of fused-ring (bicyclic) bond motifs is 3. The summed E-state index contributed by atoms with van der Waals surface area (Å²) in [5.41, 5.74) is 3.87. The second-order valence-corrected chi connectivity index (χ2v) is 8.94. The summed E-state index contributed by atoms with van der Waals surface area (Å²) in [6.07, 6.45) is 2.08. The zero-order valence-corrected chi connectivity index (χ0v) is 16.7. The van der Waals surface area contributed by atoms with E-state index < -0.39 is 0 Å². The summed E-state index contributed by atoms with van der Waals surface area (Å²) >= 11 is 0. The molecule has 0 aromatic heterocycles. The molecule has 2 aromatic carbocycles. The van der Waals surface area contributed by atoms with E-state index in [1.807, 2.05) is 0 Å². The largest absolute Gasteiger partial charge is 0.364 e. The summed E-state index contributed by atoms with van der Waals surface area (Å²) < 4.78 is 0. The Kier molecular flexibility index (Phi) is 4.39. The molecule has 2 fully saturated rings. The van der Waals surface area contributed by atoms with Crippen LogP contribution < -0.4 is 4.90 Å². The highest BCUT2D eigenvalue weighted by Gasteiger charge is 2.48. The van der Waals surface area contributed by atoms with Crippen molar-refractivity contribution in [3.63, 3.8) is 0 Å². The van der Waals surface area contributed by atoms with Gasteiger partial charge in [0.15, 0.2) is 0 Å². The Balaban J connectivity index is 1.40. The molecule has 1 saturated heterocycles. The maximum atomic E-state index is 13.2. The Bertz CT molecular complexity index is 861. The lowest BCUT2D eigenvalue weighted by atomic mass is 10.1. The van der Waals surface area contributed by atoms with E-state index in [1.165, 1.54) is 16.8 Å². The van der Waals surface area contributed by atoms with E-state index in [4.69, 9.17) is 0 Å². The minimum Gasteiger partial charge on any atom is -0.364 e. The number of nitrogens with zero attached hydrogens (tertiary/aromatic N) is 3. The minimum atomic E-state index is -0.109. The van der Waals surface area contributed by atoms with Gasteiger partial charge in [-0.1, -0.05) is 55.5 Å². The van der Waals surface area contributed by atoms with E-state index in [-0.39, 0.29) is 5.41 Å². The predicted molar refractivity (Wildman–Crippen MR) is 112 cm³/mol. The van der Waals surface area contributed by atoms with Gasteiger partial charge in [-0.2, -0.15) is 0 Å². The molecule has 1 unspecified atom stereocenters. The van der Waals surface area contributed by atoms with Crippen LogP contribution in [0.25, 0.3) is 0 Å². The fourth-order valence-corrected chi connectivity index (χ4v) is 4.77. The van der Waals surface area contributed by atoms with Gasteiger partial charge in [-0.25, -0.2) is 0 Å². The van der Waals surface area contributed by atoms with Crippen molar-refractivity contribution in [3.8, 4) is 0 Å². The highest BCUT2D eigenvalue weighted by atomic mass is 16.2. The zero-order valence-electron chi connectivity index (χ0n) is 16.7. The number of amides is 1. The van der Waals surface area contributed by atoms with Crippen LogP contribution in [0.4, 0.5) is 5.69 Å². The van der Waals surface area contributed by atoms with Gasteiger partial charge in [0.2, 0.25) is 5.91 Å². The number of benzene rings is 2. The molecule has 146 valence electrons. The van der Waals surface area contributed by atoms with Crippen molar-refractivity contribution in [2.24, 2.45) is 5.41 Å². The minimum absolute atomic E-state index is 0.109. The standard InChI is InChI=1S/C24H29N3O/c1-24(11-12-24)23(28)26-16-20-9-5-6-10-22(20)27-14-13-25(17-21(27)18-26)15-19-7-3-2-4-8-19/h2-10,21H,11-18H2,1H3. The third-order valence-corrected chi connectivity index (χ3v) is 6.71. The van der Waals surface area contributed by atoms with Crippen LogP contribution in [0.1, 0.15) is 30.9 Å². The summed E-state index contributed by atoms with van der Waals surface area (Å²) in [6.45, 7) is 7.78. The molecule has 0 spiro atoms. The molecule has 2 aliphatic heterocycles. The normalized spacial score (nSPS) is 23.5. The van der Waals surface area contributed by atoms with Crippen LogP contribution in [0.2, 0.25) is 0 Å². The van der Waals surface area contributed by atoms with Gasteiger partial charge in [-0.15, -0.1) is 0 Å². The number of carbonyl (C=O) groups is 1. The van der Waals surface area contributed by atoms with E-state index in [0.29, 0.717) is 11.9 Å². The number of piperazine rings is 1. The smallest absolute Gasteiger partial charge is 0.228 e. The highest BCUT2D eigenvalue weighted by molar-refractivity contribution is 5.85. The Labute approximate surface area is 167 Å². The molecule has 1 saturated carbocycles. The van der Waals surface area contributed by atoms with Crippen LogP contribution in [0.15, 0.2) is 54.6 Å². The van der Waals surface area contributed by atoms with Crippen LogP contribution in [-0.2, 0) is 17.9 Å². The van der Waals surface area contributed by atoms with Crippen molar-refractivity contribution >= 4 is 11.6 Å². The van der Waals surface area contributed by atoms with Gasteiger partial charge >= 0.3 is 0 Å². The van der Waals surface area contributed by atoms with E-state index in [9.17, 15) is 4.79 Å². The molecule has 1 amide bonds. The van der Waals surface area contributed by atoms with Gasteiger partial charge in [0.1, 0.15) is 0 Å². The number of hydrogen-bond donors (Lipinski definition) is 0. The second kappa shape index (κ2) is 6.93. The third-order valence-electron chi connectivity index (χ3n) is 6.71. The van der Waals surface area contributed by atoms with Gasteiger partial charge in [-0.3, -0.25) is 9.69 Å². The molecule has 3 aliphatic rings. The molecule has 0 radical (unpaired) electrons. The molecule has 4 nitrogen and oxygen atoms in total. The summed E-state index contributed by atoms with van der Waals surface area (Å²) in [6, 6.07) is 19.7. The summed E-state index contributed by atoms with van der Waals surface area (Å²) in [4.78, 5) is 20.4. The Morgan fingerprint density at radius 1 is 1.00 bits per heavy atom. The lowest BCUT2D eigenvalue weighted by molar-refractivity contribution is -0.137. The van der Waals surface area contributed by atoms with Gasteiger partial charge < -0.3 is 9.80 Å². The van der Waals surface area contributed by atoms with Crippen LogP contribution >= 0.6 is 0 Å². The van der Waals surface area contributed by atoms with Gasteiger partial charge in [0.25, 0.3) is 0 Å². The molecule has 28 heavy (non-hydrogen) atoms. The third kappa shape index (κ3) is 3.30. The molecule has 0 bridgehead atoms. The lowest BCUT2D eigenvalue weighted by Gasteiger charge is -2.43. The average Bonchev–Trinajstić information content (AvgIpc) is 3.49. The summed E-state index contributed by atoms with van der Waals surface area (Å²) in [5.74, 6) is 0.351. The molecule has 4 heteroatoms. The number of rotatable bonds is 3. The molecule has 2 aromatic rings. The first-order chi connectivity index (χ1) is 13.6. The first-order valence-electron chi connectivity index (χ1n) is 10.5. The van der Waals surface area contributed by atoms with Crippen molar-refractivity contribution in [3.05, 3.63) is 65.7 Å². The van der Waals surface area contributed by atoms with Gasteiger partial charge in [-0.05, 0) is 30.0 Å². The monoisotopic (exact) mass is 375 g/mol. The highest BCUT2D eigenvalue weighted by Crippen LogP contribution is 2.47. The van der Waals surface area contributed by atoms with Gasteiger partial charge in [0, 0.05) is 50.4 Å². The van der Waals surface area contributed by atoms with E-state index in [1.54, 1.807) is 0 Å². The van der Waals surface area contributed by atoms with Crippen molar-refractivity contribution < 1.29 is 4.79 Å². The van der Waals surface area contributed by atoms with E-state index in [2.05, 4.69) is 76.2 Å². The Morgan fingerprint density at radius 2 is 1.75 bits per heavy atom. The maximum Gasteiger partial charge on any atom is 0.228 e. The Hall–Kier alpha value is -2.33. The zero-order chi connectivity index (χ0) is 19.1. The SMILES string of the molecule is CC1(C(=O)N2Cc3ccccc3N3CCN(Cc4ccccc4)CC3C2)CC1. The molecular formula is C24H29N3O. The summed E-state index contributed by atoms with van der Waals surface area (Å²) in [7, 11) is 0. The maximum absolute atomic E-state index is 13.2. The molecular weight excluding hydrogens is 346 g/mol. The van der Waals surface area contributed by atoms with Crippen LogP contribution in [-0.4, -0.2) is 47.9 Å². The fourth-order valence-electron chi connectivity index (χ4n) is 4.77. The number of anilines is 1. The average molecular weight is 376 g/mol. The summed E-state index contributed by atoms with van der Waals surface area (Å²) in [5, 5.41) is 0. The fraction of sp³-hybridized carbons (Fsp3) is 0.458. The number of para-hydroxylation sites is 1. The molecule has 5 rings (SSSR count). The number of carbonyl (C=O) groups excluding carboxylic acids is 1.